The Kier molecular flexibility index (Phi) is 1.73. The average molecular weight is 120 g/mol. The molecule has 0 aliphatic carbocycles. The van der Waals surface area contributed by atoms with Gasteiger partial charge in [-0.15, -0.1) is 0 Å². The van der Waals surface area contributed by atoms with E-state index in [1.54, 1.807) is 19.1 Å². The smallest absolute Gasteiger partial charge is 0.119 e. The minimum absolute atomic E-state index is 0.292. The van der Waals surface area contributed by atoms with Crippen LogP contribution in [-0.4, -0.2) is 5.11 Å². The predicted octanol–water partition coefficient (Wildman–Crippen LogP) is 1.84. The number of hydrogen-bond donors (Lipinski definition) is 1. The maximum absolute atomic E-state index is 9.05. The van der Waals surface area contributed by atoms with Gasteiger partial charge < -0.3 is 5.11 Å². The van der Waals surface area contributed by atoms with Crippen molar-refractivity contribution in [2.24, 2.45) is 0 Å². The molecule has 2 radical (unpaired) electrons. The minimum Gasteiger partial charge on any atom is -0.508 e. The van der Waals surface area contributed by atoms with Crippen LogP contribution in [0.4, 0.5) is 0 Å². The van der Waals surface area contributed by atoms with E-state index < -0.39 is 0 Å². The van der Waals surface area contributed by atoms with Crippen LogP contribution < -0.4 is 0 Å². The molecule has 0 atom stereocenters. The van der Waals surface area contributed by atoms with Crippen molar-refractivity contribution in [3.05, 3.63) is 36.2 Å². The van der Waals surface area contributed by atoms with Gasteiger partial charge in [-0.1, -0.05) is 25.1 Å². The van der Waals surface area contributed by atoms with Crippen LogP contribution in [-0.2, 0) is 0 Å². The van der Waals surface area contributed by atoms with Crippen LogP contribution in [0.2, 0.25) is 0 Å². The topological polar surface area (TPSA) is 20.2 Å². The van der Waals surface area contributed by atoms with Crippen molar-refractivity contribution in [1.29, 1.82) is 0 Å². The van der Waals surface area contributed by atoms with Crippen molar-refractivity contribution in [2.45, 2.75) is 6.92 Å². The van der Waals surface area contributed by atoms with Gasteiger partial charge in [-0.05, 0) is 6.07 Å². The molecule has 0 fully saturated rings. The summed E-state index contributed by atoms with van der Waals surface area (Å²) in [5.74, 6) is 0.292. The zero-order chi connectivity index (χ0) is 6.69. The van der Waals surface area contributed by atoms with Gasteiger partial charge in [-0.2, -0.15) is 0 Å². The molecule has 1 aromatic carbocycles. The normalized spacial score (nSPS) is 9.44. The van der Waals surface area contributed by atoms with Gasteiger partial charge in [-0.3, -0.25) is 0 Å². The average Bonchev–Trinajstić information content (AvgIpc) is 1.89. The number of rotatable bonds is 1. The van der Waals surface area contributed by atoms with E-state index in [1.807, 2.05) is 12.1 Å². The molecule has 0 spiro atoms. The molecule has 0 heterocycles. The Morgan fingerprint density at radius 3 is 2.44 bits per heavy atom. The van der Waals surface area contributed by atoms with Gasteiger partial charge in [0.2, 0.25) is 0 Å². The first-order valence-corrected chi connectivity index (χ1v) is 2.80. The molecule has 0 bridgehead atoms. The maximum atomic E-state index is 9.05. The lowest BCUT2D eigenvalue weighted by Gasteiger charge is -1.96. The number of phenolic OH excluding ortho intramolecular Hbond substituents is 1. The Bertz CT molecular complexity index is 194. The lowest BCUT2D eigenvalue weighted by Crippen LogP contribution is -1.75. The molecular weight excluding hydrogens is 112 g/mol. The highest BCUT2D eigenvalue weighted by Gasteiger charge is 1.93. The summed E-state index contributed by atoms with van der Waals surface area (Å²) in [7, 11) is 0. The Morgan fingerprint density at radius 1 is 1.33 bits per heavy atom. The van der Waals surface area contributed by atoms with Crippen LogP contribution in [0.3, 0.4) is 0 Å². The molecule has 0 aliphatic heterocycles. The molecule has 1 nitrogen and oxygen atoms in total. The Hall–Kier alpha value is -0.980. The number of aromatic hydroxyl groups is 1. The van der Waals surface area contributed by atoms with E-state index in [1.165, 1.54) is 0 Å². The van der Waals surface area contributed by atoms with E-state index in [0.717, 1.165) is 5.56 Å². The van der Waals surface area contributed by atoms with Gasteiger partial charge in [-0.25, -0.2) is 0 Å². The summed E-state index contributed by atoms with van der Waals surface area (Å²) in [5.41, 5.74) is 0.762. The summed E-state index contributed by atoms with van der Waals surface area (Å²) in [6, 6.07) is 7.11. The zero-order valence-corrected chi connectivity index (χ0v) is 5.26. The van der Waals surface area contributed by atoms with Crippen molar-refractivity contribution in [1.82, 2.24) is 0 Å². The zero-order valence-electron chi connectivity index (χ0n) is 5.26. The molecular formula is C8H8O. The van der Waals surface area contributed by atoms with Gasteiger partial charge in [0.05, 0.1) is 0 Å². The number of phenols is 1. The van der Waals surface area contributed by atoms with Gasteiger partial charge in [0.1, 0.15) is 5.75 Å². The van der Waals surface area contributed by atoms with Crippen LogP contribution >= 0.6 is 0 Å². The molecule has 0 amide bonds. The van der Waals surface area contributed by atoms with Gasteiger partial charge in [0.15, 0.2) is 0 Å². The summed E-state index contributed by atoms with van der Waals surface area (Å²) >= 11 is 0. The van der Waals surface area contributed by atoms with Crippen LogP contribution in [0.5, 0.6) is 5.75 Å². The quantitative estimate of drug-likeness (QED) is 0.599. The van der Waals surface area contributed by atoms with Gasteiger partial charge >= 0.3 is 0 Å². The van der Waals surface area contributed by atoms with Crippen LogP contribution in [0.15, 0.2) is 24.3 Å². The van der Waals surface area contributed by atoms with Crippen molar-refractivity contribution < 1.29 is 5.11 Å². The summed E-state index contributed by atoms with van der Waals surface area (Å²) in [5, 5.41) is 9.05. The maximum Gasteiger partial charge on any atom is 0.119 e. The van der Waals surface area contributed by atoms with Gasteiger partial charge in [0.25, 0.3) is 0 Å². The highest BCUT2D eigenvalue weighted by molar-refractivity contribution is 5.36. The molecule has 0 aliphatic rings. The monoisotopic (exact) mass is 120 g/mol. The van der Waals surface area contributed by atoms with Crippen molar-refractivity contribution in [2.75, 3.05) is 0 Å². The minimum atomic E-state index is 0.292. The van der Waals surface area contributed by atoms with E-state index >= 15 is 0 Å². The molecule has 0 saturated heterocycles. The second-order valence-electron chi connectivity index (χ2n) is 1.77. The third-order valence-corrected chi connectivity index (χ3v) is 1.17. The Labute approximate surface area is 55.0 Å². The summed E-state index contributed by atoms with van der Waals surface area (Å²) in [4.78, 5) is 0. The first-order chi connectivity index (χ1) is 4.34. The van der Waals surface area contributed by atoms with E-state index in [4.69, 9.17) is 5.11 Å². The van der Waals surface area contributed by atoms with Crippen molar-refractivity contribution in [3.8, 4) is 5.75 Å². The largest absolute Gasteiger partial charge is 0.508 e. The summed E-state index contributed by atoms with van der Waals surface area (Å²) in [6.07, 6.45) is 2.85. The first kappa shape index (κ1) is 6.14. The second-order valence-corrected chi connectivity index (χ2v) is 1.77. The van der Waals surface area contributed by atoms with Crippen molar-refractivity contribution >= 4 is 0 Å². The molecule has 1 rings (SSSR count). The lowest BCUT2D eigenvalue weighted by molar-refractivity contribution is 0.472. The van der Waals surface area contributed by atoms with E-state index in [0.29, 0.717) is 5.75 Å². The Balaban J connectivity index is 3.01. The molecule has 0 saturated carbocycles. The third kappa shape index (κ3) is 1.22. The van der Waals surface area contributed by atoms with Crippen LogP contribution in [0.25, 0.3) is 0 Å². The highest BCUT2D eigenvalue weighted by atomic mass is 16.3. The summed E-state index contributed by atoms with van der Waals surface area (Å²) < 4.78 is 0. The fourth-order valence-electron chi connectivity index (χ4n) is 0.685. The molecule has 0 aromatic heterocycles. The second kappa shape index (κ2) is 2.53. The molecule has 1 N–H and O–H groups in total. The third-order valence-electron chi connectivity index (χ3n) is 1.17. The van der Waals surface area contributed by atoms with Gasteiger partial charge in [0, 0.05) is 12.0 Å². The molecule has 1 heteroatoms. The standard InChI is InChI=1S/C8H8O/c1-2-7-5-3-4-6-8(7)9/h3-6,9H,1H3. The fourth-order valence-corrected chi connectivity index (χ4v) is 0.685. The number of para-hydroxylation sites is 1. The molecule has 0 unspecified atom stereocenters. The summed E-state index contributed by atoms with van der Waals surface area (Å²) in [6.45, 7) is 1.77. The van der Waals surface area contributed by atoms with E-state index in [9.17, 15) is 0 Å². The molecule has 9 heavy (non-hydrogen) atoms. The SMILES string of the molecule is C[C]c1ccccc1O. The van der Waals surface area contributed by atoms with Crippen LogP contribution in [0.1, 0.15) is 12.5 Å². The lowest BCUT2D eigenvalue weighted by atomic mass is 10.1. The molecule has 46 valence electrons. The fraction of sp³-hybridized carbons (Fsp3) is 0.125. The van der Waals surface area contributed by atoms with Crippen LogP contribution in [0, 0.1) is 6.42 Å². The van der Waals surface area contributed by atoms with Crippen molar-refractivity contribution in [3.63, 3.8) is 0 Å². The highest BCUT2D eigenvalue weighted by Crippen LogP contribution is 2.16. The Morgan fingerprint density at radius 2 is 2.00 bits per heavy atom. The number of benzene rings is 1. The predicted molar refractivity (Wildman–Crippen MR) is 36.1 cm³/mol. The van der Waals surface area contributed by atoms with E-state index in [2.05, 4.69) is 6.42 Å². The number of hydrogen-bond acceptors (Lipinski definition) is 1. The molecule has 1 aromatic rings. The van der Waals surface area contributed by atoms with E-state index in [-0.39, 0.29) is 0 Å². The first-order valence-electron chi connectivity index (χ1n) is 2.80.